The highest BCUT2D eigenvalue weighted by Crippen LogP contribution is 2.44. The molecule has 10 N–H and O–H groups in total. The van der Waals surface area contributed by atoms with E-state index in [1.54, 1.807) is 25.6 Å². The first-order valence-corrected chi connectivity index (χ1v) is 26.5. The van der Waals surface area contributed by atoms with E-state index in [4.69, 9.17) is 11.5 Å². The van der Waals surface area contributed by atoms with Gasteiger partial charge >= 0.3 is 0 Å². The molecule has 0 saturated heterocycles. The zero-order valence-electron chi connectivity index (χ0n) is 40.7. The van der Waals surface area contributed by atoms with Crippen LogP contribution in [-0.2, 0) is 57.9 Å². The first kappa shape index (κ1) is 55.8. The Bertz CT molecular complexity index is 2320. The minimum atomic E-state index is -1.51. The van der Waals surface area contributed by atoms with Crippen LogP contribution < -0.4 is 43.4 Å². The van der Waals surface area contributed by atoms with Crippen LogP contribution in [0.2, 0.25) is 0 Å². The zero-order valence-corrected chi connectivity index (χ0v) is 42.4. The van der Waals surface area contributed by atoms with Gasteiger partial charge in [-0.3, -0.25) is 33.6 Å². The highest BCUT2D eigenvalue weighted by Gasteiger charge is 2.38. The lowest BCUT2D eigenvalue weighted by molar-refractivity contribution is -0.136. The van der Waals surface area contributed by atoms with E-state index in [9.17, 15) is 33.6 Å². The van der Waals surface area contributed by atoms with E-state index in [1.807, 2.05) is 109 Å². The lowest BCUT2D eigenvalue weighted by atomic mass is 9.85. The number of primary amides is 1. The zero-order chi connectivity index (χ0) is 51.0. The molecule has 0 bridgehead atoms. The fraction of sp³-hybridized carbons (Fsp3) is 0.426. The highest BCUT2D eigenvalue weighted by molar-refractivity contribution is 8.00. The number of nitrogens with two attached hydrogens (primary N) is 2. The standard InChI is InChI=1S/C54H70N8O7S2/c1-37(2)48(53(69)60-44(32-46(56)63)51(67)61-45(49(65)57-29-28-55)36-70-34-40-22-12-5-13-23-40)62-52(68)43(31-39-20-10-4-11-21-39)59-50(66)42(30-38-18-8-3-9-19-38)58-47(64)33-54(26-16-7-17-27-54)71-35-41-24-14-6-15-25-41/h3-6,8-15,18-25,37,42-45,48H,7,16-17,26-36,55H2,1-2H3,(H2,56,63)(H,57,65)(H,58,64)(H,59,66)(H,60,69)(H,61,67)(H,62,68)/t42-,43+,44+,45+,48+/m1/s1. The lowest BCUT2D eigenvalue weighted by Crippen LogP contribution is -2.61. The maximum absolute atomic E-state index is 14.6. The smallest absolute Gasteiger partial charge is 0.243 e. The molecule has 15 nitrogen and oxygen atoms in total. The number of hydrogen-bond donors (Lipinski definition) is 8. The van der Waals surface area contributed by atoms with Crippen molar-refractivity contribution < 1.29 is 33.6 Å². The van der Waals surface area contributed by atoms with Gasteiger partial charge in [-0.1, -0.05) is 154 Å². The Labute approximate surface area is 426 Å². The SMILES string of the molecule is CC(C)[C@H](NC(=O)[C@H](Cc1ccccc1)NC(=O)[C@@H](Cc1ccccc1)NC(=O)CC1(SCc2ccccc2)CCCCC1)C(=O)N[C@@H](CC(N)=O)C(=O)N[C@@H](CSCc1ccccc1)C(=O)NCCN. The second-order valence-corrected chi connectivity index (χ2v) is 20.8. The third-order valence-electron chi connectivity index (χ3n) is 12.2. The van der Waals surface area contributed by atoms with E-state index in [0.717, 1.165) is 54.5 Å². The van der Waals surface area contributed by atoms with Crippen molar-refractivity contribution in [1.82, 2.24) is 31.9 Å². The summed E-state index contributed by atoms with van der Waals surface area (Å²) in [5.74, 6) is -3.61. The molecule has 4 aromatic rings. The predicted molar refractivity (Wildman–Crippen MR) is 281 cm³/mol. The van der Waals surface area contributed by atoms with Crippen molar-refractivity contribution in [3.8, 4) is 0 Å². The van der Waals surface area contributed by atoms with Gasteiger partial charge < -0.3 is 43.4 Å². The molecule has 1 aliphatic carbocycles. The van der Waals surface area contributed by atoms with Crippen molar-refractivity contribution in [3.05, 3.63) is 144 Å². The molecule has 5 rings (SSSR count). The van der Waals surface area contributed by atoms with Gasteiger partial charge in [-0.2, -0.15) is 11.8 Å². The molecule has 0 aliphatic heterocycles. The van der Waals surface area contributed by atoms with Crippen molar-refractivity contribution in [2.75, 3.05) is 18.8 Å². The number of carbonyl (C=O) groups excluding carboxylic acids is 7. The third kappa shape index (κ3) is 19.2. The number of amides is 7. The summed E-state index contributed by atoms with van der Waals surface area (Å²) in [5, 5.41) is 16.7. The molecule has 0 spiro atoms. The Morgan fingerprint density at radius 1 is 0.549 bits per heavy atom. The highest BCUT2D eigenvalue weighted by atomic mass is 32.2. The van der Waals surface area contributed by atoms with Crippen LogP contribution in [0.4, 0.5) is 0 Å². The largest absolute Gasteiger partial charge is 0.370 e. The number of thioether (sulfide) groups is 2. The van der Waals surface area contributed by atoms with Crippen LogP contribution in [0.25, 0.3) is 0 Å². The van der Waals surface area contributed by atoms with E-state index in [2.05, 4.69) is 44.0 Å². The molecule has 71 heavy (non-hydrogen) atoms. The molecule has 1 fully saturated rings. The second-order valence-electron chi connectivity index (χ2n) is 18.4. The number of rotatable bonds is 28. The number of carbonyl (C=O) groups is 7. The quantitative estimate of drug-likeness (QED) is 0.0397. The Morgan fingerprint density at radius 3 is 1.54 bits per heavy atom. The Balaban J connectivity index is 1.32. The second kappa shape index (κ2) is 29.2. The average molecular weight is 1010 g/mol. The van der Waals surface area contributed by atoms with Crippen LogP contribution in [0.5, 0.6) is 0 Å². The molecule has 0 unspecified atom stereocenters. The molecule has 4 aromatic carbocycles. The van der Waals surface area contributed by atoms with Crippen LogP contribution in [0.1, 0.15) is 81.0 Å². The molecular formula is C54H70N8O7S2. The van der Waals surface area contributed by atoms with Gasteiger partial charge in [-0.25, -0.2) is 0 Å². The van der Waals surface area contributed by atoms with Crippen LogP contribution >= 0.6 is 23.5 Å². The van der Waals surface area contributed by atoms with Crippen LogP contribution in [0.15, 0.2) is 121 Å². The average Bonchev–Trinajstić information content (AvgIpc) is 3.36. The molecule has 380 valence electrons. The molecule has 1 aliphatic rings. The fourth-order valence-corrected chi connectivity index (χ4v) is 10.9. The summed E-state index contributed by atoms with van der Waals surface area (Å²) in [7, 11) is 0. The Morgan fingerprint density at radius 2 is 1.01 bits per heavy atom. The van der Waals surface area contributed by atoms with Crippen molar-refractivity contribution in [2.45, 2.75) is 118 Å². The fourth-order valence-electron chi connectivity index (χ4n) is 8.41. The van der Waals surface area contributed by atoms with Crippen molar-refractivity contribution in [1.29, 1.82) is 0 Å². The molecule has 17 heteroatoms. The molecule has 5 atom stereocenters. The Kier molecular flexibility index (Phi) is 23.0. The number of benzene rings is 4. The molecular weight excluding hydrogens is 937 g/mol. The van der Waals surface area contributed by atoms with Gasteiger partial charge in [0.2, 0.25) is 41.4 Å². The van der Waals surface area contributed by atoms with Crippen LogP contribution in [0, 0.1) is 5.92 Å². The van der Waals surface area contributed by atoms with Gasteiger partial charge in [-0.15, -0.1) is 11.8 Å². The van der Waals surface area contributed by atoms with Crippen molar-refractivity contribution >= 4 is 64.9 Å². The summed E-state index contributed by atoms with van der Waals surface area (Å²) < 4.78 is -0.298. The summed E-state index contributed by atoms with van der Waals surface area (Å²) in [6.45, 7) is 3.73. The van der Waals surface area contributed by atoms with Crippen LogP contribution in [-0.4, -0.2) is 95.1 Å². The molecule has 0 aromatic heterocycles. The maximum Gasteiger partial charge on any atom is 0.243 e. The minimum Gasteiger partial charge on any atom is -0.370 e. The predicted octanol–water partition coefficient (Wildman–Crippen LogP) is 4.46. The van der Waals surface area contributed by atoms with E-state index in [-0.39, 0.29) is 48.8 Å². The lowest BCUT2D eigenvalue weighted by Gasteiger charge is -2.37. The summed E-state index contributed by atoms with van der Waals surface area (Å²) in [6, 6.07) is 32.1. The van der Waals surface area contributed by atoms with E-state index in [0.29, 0.717) is 5.75 Å². The third-order valence-corrected chi connectivity index (χ3v) is 15.0. The Hall–Kier alpha value is -6.17. The topological polar surface area (TPSA) is 244 Å². The van der Waals surface area contributed by atoms with Gasteiger partial charge in [-0.05, 0) is 41.0 Å². The summed E-state index contributed by atoms with van der Waals surface area (Å²) in [4.78, 5) is 96.8. The minimum absolute atomic E-state index is 0.0404. The number of hydrogen-bond acceptors (Lipinski definition) is 10. The molecule has 0 heterocycles. The van der Waals surface area contributed by atoms with Crippen LogP contribution in [0.3, 0.4) is 0 Å². The van der Waals surface area contributed by atoms with E-state index < -0.39 is 78.0 Å². The molecule has 0 radical (unpaired) electrons. The summed E-state index contributed by atoms with van der Waals surface area (Å²) in [6.07, 6.45) is 4.72. The van der Waals surface area contributed by atoms with E-state index >= 15 is 0 Å². The first-order valence-electron chi connectivity index (χ1n) is 24.4. The van der Waals surface area contributed by atoms with Gasteiger partial charge in [0.05, 0.1) is 6.42 Å². The van der Waals surface area contributed by atoms with Gasteiger partial charge in [0.1, 0.15) is 30.2 Å². The van der Waals surface area contributed by atoms with Gasteiger partial charge in [0.15, 0.2) is 0 Å². The molecule has 7 amide bonds. The van der Waals surface area contributed by atoms with Gasteiger partial charge in [0, 0.05) is 54.4 Å². The van der Waals surface area contributed by atoms with Crippen molar-refractivity contribution in [3.63, 3.8) is 0 Å². The summed E-state index contributed by atoms with van der Waals surface area (Å²) in [5.41, 5.74) is 14.9. The molecule has 1 saturated carbocycles. The van der Waals surface area contributed by atoms with E-state index in [1.165, 1.54) is 17.3 Å². The summed E-state index contributed by atoms with van der Waals surface area (Å²) >= 11 is 3.20. The first-order chi connectivity index (χ1) is 34.2. The maximum atomic E-state index is 14.6. The number of nitrogens with one attached hydrogen (secondary N) is 6. The van der Waals surface area contributed by atoms with Crippen molar-refractivity contribution in [2.24, 2.45) is 17.4 Å². The monoisotopic (exact) mass is 1010 g/mol. The van der Waals surface area contributed by atoms with Gasteiger partial charge in [0.25, 0.3) is 0 Å². The normalized spacial score (nSPS) is 15.2.